The van der Waals surface area contributed by atoms with E-state index < -0.39 is 0 Å². The average molecular weight is 317 g/mol. The first-order valence-corrected chi connectivity index (χ1v) is 6.20. The van der Waals surface area contributed by atoms with E-state index in [0.29, 0.717) is 5.75 Å². The predicted octanol–water partition coefficient (Wildman–Crippen LogP) is 4.04. The van der Waals surface area contributed by atoms with E-state index in [1.165, 1.54) is 0 Å². The highest BCUT2D eigenvalue weighted by Gasteiger charge is 2.10. The molecule has 17 heavy (non-hydrogen) atoms. The van der Waals surface area contributed by atoms with Crippen LogP contribution in [0.25, 0.3) is 10.8 Å². The van der Waals surface area contributed by atoms with Gasteiger partial charge in [0.25, 0.3) is 0 Å². The molecule has 1 N–H and O–H groups in total. The second kappa shape index (κ2) is 5.70. The fourth-order valence-corrected chi connectivity index (χ4v) is 2.53. The van der Waals surface area contributed by atoms with Gasteiger partial charge >= 0.3 is 0 Å². The number of rotatable bonds is 4. The normalized spacial score (nSPS) is 10.8. The summed E-state index contributed by atoms with van der Waals surface area (Å²) < 4.78 is 10.7. The minimum absolute atomic E-state index is 0.655. The highest BCUT2D eigenvalue weighted by Crippen LogP contribution is 2.37. The van der Waals surface area contributed by atoms with Crippen LogP contribution in [-0.2, 0) is 9.37 Å². The molecule has 0 bridgehead atoms. The number of halogens is 1. The smallest absolute Gasteiger partial charge is 0.135 e. The summed E-state index contributed by atoms with van der Waals surface area (Å²) in [5.41, 5.74) is 0. The van der Waals surface area contributed by atoms with E-state index in [2.05, 4.69) is 25.3 Å². The van der Waals surface area contributed by atoms with E-state index in [1.54, 1.807) is 7.11 Å². The second-order valence-corrected chi connectivity index (χ2v) is 4.81. The lowest BCUT2D eigenvalue weighted by Crippen LogP contribution is -1.89. The van der Waals surface area contributed by atoms with Crippen molar-refractivity contribution in [3.8, 4) is 5.75 Å². The molecule has 0 aliphatic rings. The zero-order valence-electron chi connectivity index (χ0n) is 8.84. The van der Waals surface area contributed by atoms with Gasteiger partial charge in [-0.05, 0) is 23.6 Å². The highest BCUT2D eigenvalue weighted by molar-refractivity contribution is 9.10. The monoisotopic (exact) mass is 316 g/mol. The van der Waals surface area contributed by atoms with Crippen molar-refractivity contribution in [2.45, 2.75) is 4.90 Å². The van der Waals surface area contributed by atoms with Gasteiger partial charge in [-0.2, -0.15) is 0 Å². The summed E-state index contributed by atoms with van der Waals surface area (Å²) in [6.07, 6.45) is 0. The lowest BCUT2D eigenvalue weighted by Gasteiger charge is -2.09. The van der Waals surface area contributed by atoms with Crippen LogP contribution in [-0.4, -0.2) is 12.4 Å². The van der Waals surface area contributed by atoms with Gasteiger partial charge in [0.05, 0.1) is 24.0 Å². The van der Waals surface area contributed by atoms with Crippen molar-refractivity contribution in [3.05, 3.63) is 34.8 Å². The third-order valence-electron chi connectivity index (χ3n) is 2.26. The first-order chi connectivity index (χ1) is 8.26. The van der Waals surface area contributed by atoms with Crippen LogP contribution >= 0.6 is 28.0 Å². The molecule has 0 heterocycles. The van der Waals surface area contributed by atoms with Crippen LogP contribution in [0.3, 0.4) is 0 Å². The molecule has 0 spiro atoms. The largest absolute Gasteiger partial charge is 0.495 e. The molecule has 0 saturated carbocycles. The molecule has 0 aromatic heterocycles. The van der Waals surface area contributed by atoms with Gasteiger partial charge in [-0.15, -0.1) is 4.33 Å². The first kappa shape index (κ1) is 12.7. The summed E-state index contributed by atoms with van der Waals surface area (Å²) in [5.74, 6) is 0.655. The van der Waals surface area contributed by atoms with Crippen molar-refractivity contribution < 1.29 is 19.4 Å². The number of hydrogen-bond acceptors (Lipinski definition) is 5. The Hall–Kier alpha value is -0.790. The van der Waals surface area contributed by atoms with Crippen LogP contribution in [0.2, 0.25) is 0 Å². The Bertz CT molecular complexity index is 532. The van der Waals surface area contributed by atoms with Gasteiger partial charge in [0, 0.05) is 9.86 Å². The number of hydrogen-bond donors (Lipinski definition) is 1. The fraction of sp³-hybridized carbons (Fsp3) is 0.0909. The summed E-state index contributed by atoms with van der Waals surface area (Å²) in [6.45, 7) is 0. The molecule has 4 nitrogen and oxygen atoms in total. The van der Waals surface area contributed by atoms with Crippen molar-refractivity contribution >= 4 is 38.7 Å². The third kappa shape index (κ3) is 2.72. The fourth-order valence-electron chi connectivity index (χ4n) is 1.55. The summed E-state index contributed by atoms with van der Waals surface area (Å²) in [5, 5.41) is 13.8. The molecule has 0 amide bonds. The van der Waals surface area contributed by atoms with Crippen molar-refractivity contribution in [2.75, 3.05) is 7.11 Å². The summed E-state index contributed by atoms with van der Waals surface area (Å²) in [6, 6.07) is 9.62. The quantitative estimate of drug-likeness (QED) is 0.524. The first-order valence-electron chi connectivity index (χ1n) is 4.67. The molecule has 0 aliphatic carbocycles. The SMILES string of the molecule is COc1ccc2cc(Br)ccc2c1SOOO. The Labute approximate surface area is 111 Å². The van der Waals surface area contributed by atoms with E-state index in [1.807, 2.05) is 30.3 Å². The van der Waals surface area contributed by atoms with Crippen LogP contribution in [0.5, 0.6) is 5.75 Å². The van der Waals surface area contributed by atoms with E-state index in [0.717, 1.165) is 32.2 Å². The van der Waals surface area contributed by atoms with Crippen LogP contribution in [0.15, 0.2) is 39.7 Å². The van der Waals surface area contributed by atoms with Crippen molar-refractivity contribution in [3.63, 3.8) is 0 Å². The van der Waals surface area contributed by atoms with Gasteiger partial charge in [0.1, 0.15) is 5.75 Å². The molecule has 90 valence electrons. The molecule has 2 aromatic rings. The Kier molecular flexibility index (Phi) is 4.25. The van der Waals surface area contributed by atoms with E-state index >= 15 is 0 Å². The van der Waals surface area contributed by atoms with Crippen molar-refractivity contribution in [1.29, 1.82) is 0 Å². The summed E-state index contributed by atoms with van der Waals surface area (Å²) in [4.78, 5) is 0.742. The van der Waals surface area contributed by atoms with Crippen molar-refractivity contribution in [2.24, 2.45) is 0 Å². The Balaban J connectivity index is 2.57. The second-order valence-electron chi connectivity index (χ2n) is 3.19. The highest BCUT2D eigenvalue weighted by atomic mass is 79.9. The van der Waals surface area contributed by atoms with Gasteiger partial charge in [-0.3, -0.25) is 0 Å². The molecule has 0 radical (unpaired) electrons. The Morgan fingerprint density at radius 3 is 2.76 bits per heavy atom. The van der Waals surface area contributed by atoms with Crippen molar-refractivity contribution in [1.82, 2.24) is 0 Å². The summed E-state index contributed by atoms with van der Waals surface area (Å²) >= 11 is 4.31. The molecule has 0 unspecified atom stereocenters. The van der Waals surface area contributed by atoms with Crippen LogP contribution in [0.1, 0.15) is 0 Å². The predicted molar refractivity (Wildman–Crippen MR) is 68.9 cm³/mol. The number of ether oxygens (including phenoxy) is 1. The molecule has 0 fully saturated rings. The molecular formula is C11H9BrO4S. The van der Waals surface area contributed by atoms with Gasteiger partial charge in [0.2, 0.25) is 0 Å². The molecule has 0 atom stereocenters. The van der Waals surface area contributed by atoms with Gasteiger partial charge in [-0.1, -0.05) is 33.1 Å². The average Bonchev–Trinajstić information content (AvgIpc) is 2.35. The van der Waals surface area contributed by atoms with Gasteiger partial charge in [0.15, 0.2) is 0 Å². The van der Waals surface area contributed by atoms with Gasteiger partial charge in [-0.25, -0.2) is 5.26 Å². The molecule has 6 heteroatoms. The Morgan fingerprint density at radius 1 is 1.24 bits per heavy atom. The molecule has 0 saturated heterocycles. The zero-order chi connectivity index (χ0) is 12.3. The molecular weight excluding hydrogens is 308 g/mol. The third-order valence-corrected chi connectivity index (χ3v) is 3.47. The minimum atomic E-state index is 0.655. The molecule has 2 aromatic carbocycles. The van der Waals surface area contributed by atoms with Crippen LogP contribution in [0, 0.1) is 0 Å². The summed E-state index contributed by atoms with van der Waals surface area (Å²) in [7, 11) is 1.57. The van der Waals surface area contributed by atoms with Crippen LogP contribution < -0.4 is 4.74 Å². The zero-order valence-corrected chi connectivity index (χ0v) is 11.2. The maximum Gasteiger partial charge on any atom is 0.135 e. The number of methoxy groups -OCH3 is 1. The van der Waals surface area contributed by atoms with E-state index in [9.17, 15) is 0 Å². The van der Waals surface area contributed by atoms with E-state index in [-0.39, 0.29) is 0 Å². The number of fused-ring (bicyclic) bond motifs is 1. The van der Waals surface area contributed by atoms with E-state index in [4.69, 9.17) is 9.99 Å². The topological polar surface area (TPSA) is 47.9 Å². The molecule has 0 aliphatic heterocycles. The number of benzene rings is 2. The maximum atomic E-state index is 8.22. The minimum Gasteiger partial charge on any atom is -0.495 e. The van der Waals surface area contributed by atoms with Gasteiger partial charge < -0.3 is 4.74 Å². The molecule has 2 rings (SSSR count). The van der Waals surface area contributed by atoms with Crippen LogP contribution in [0.4, 0.5) is 0 Å². The lowest BCUT2D eigenvalue weighted by atomic mass is 10.1. The standard InChI is InChI=1S/C11H9BrO4S/c1-14-10-5-2-7-6-8(12)3-4-9(7)11(10)17-16-15-13/h2-6,13H,1H3. The Morgan fingerprint density at radius 2 is 2.06 bits per heavy atom. The lowest BCUT2D eigenvalue weighted by molar-refractivity contribution is -0.432. The maximum absolute atomic E-state index is 8.22.